The van der Waals surface area contributed by atoms with E-state index in [9.17, 15) is 18.0 Å². The number of anilines is 1. The first-order valence-corrected chi connectivity index (χ1v) is 19.1. The van der Waals surface area contributed by atoms with Crippen LogP contribution in [0.5, 0.6) is 5.75 Å². The molecule has 0 bridgehead atoms. The van der Waals surface area contributed by atoms with E-state index in [4.69, 9.17) is 27.9 Å². The topological polar surface area (TPSA) is 96.0 Å². The van der Waals surface area contributed by atoms with Crippen LogP contribution in [0, 0.1) is 0 Å². The van der Waals surface area contributed by atoms with E-state index in [1.54, 1.807) is 54.6 Å². The molecular weight excluding hydrogens is 749 g/mol. The van der Waals surface area contributed by atoms with Gasteiger partial charge in [-0.3, -0.25) is 13.9 Å². The standard InChI is InChI=1S/C37H38BrCl2N3O5S/c1-2-48-31-17-15-30(16-18-31)43(49(46,47)32-19-13-28(38)14-20-32)25-36(44)42(24-27-12-21-33(39)34(40)22-27)35(23-26-8-4-3-5-9-26)37(45)41-29-10-6-7-11-29/h3-5,8-9,12-22,29,35H,2,6-7,10-11,23-25H2,1H3,(H,41,45). The number of hydrogen-bond acceptors (Lipinski definition) is 5. The zero-order valence-electron chi connectivity index (χ0n) is 27.0. The Labute approximate surface area is 306 Å². The summed E-state index contributed by atoms with van der Waals surface area (Å²) < 4.78 is 35.9. The molecule has 1 unspecified atom stereocenters. The number of ether oxygens (including phenoxy) is 1. The minimum absolute atomic E-state index is 0.00540. The van der Waals surface area contributed by atoms with Gasteiger partial charge in [0.25, 0.3) is 10.0 Å². The first kappa shape index (κ1) is 36.7. The van der Waals surface area contributed by atoms with E-state index in [1.165, 1.54) is 17.0 Å². The van der Waals surface area contributed by atoms with E-state index in [0.29, 0.717) is 32.4 Å². The smallest absolute Gasteiger partial charge is 0.264 e. The monoisotopic (exact) mass is 785 g/mol. The van der Waals surface area contributed by atoms with Crippen LogP contribution >= 0.6 is 39.1 Å². The minimum Gasteiger partial charge on any atom is -0.494 e. The molecule has 4 aromatic carbocycles. The lowest BCUT2D eigenvalue weighted by atomic mass is 10.0. The van der Waals surface area contributed by atoms with Crippen molar-refractivity contribution in [3.05, 3.63) is 123 Å². The second-order valence-electron chi connectivity index (χ2n) is 11.9. The number of nitrogens with one attached hydrogen (secondary N) is 1. The minimum atomic E-state index is -4.25. The van der Waals surface area contributed by atoms with Gasteiger partial charge in [0.1, 0.15) is 18.3 Å². The fourth-order valence-electron chi connectivity index (χ4n) is 5.89. The van der Waals surface area contributed by atoms with E-state index in [-0.39, 0.29) is 35.5 Å². The fraction of sp³-hybridized carbons (Fsp3) is 0.297. The molecule has 1 aliphatic carbocycles. The largest absolute Gasteiger partial charge is 0.494 e. The summed E-state index contributed by atoms with van der Waals surface area (Å²) in [5.74, 6) is -0.304. The molecule has 5 rings (SSSR count). The molecule has 0 saturated heterocycles. The second kappa shape index (κ2) is 16.9. The zero-order chi connectivity index (χ0) is 35.0. The van der Waals surface area contributed by atoms with Crippen LogP contribution < -0.4 is 14.4 Å². The SMILES string of the molecule is CCOc1ccc(N(CC(=O)N(Cc2ccc(Cl)c(Cl)c2)C(Cc2ccccc2)C(=O)NC2CCCC2)S(=O)(=O)c2ccc(Br)cc2)cc1. The molecule has 0 aromatic heterocycles. The number of nitrogens with zero attached hydrogens (tertiary/aromatic N) is 2. The van der Waals surface area contributed by atoms with Crippen LogP contribution in [0.15, 0.2) is 106 Å². The molecule has 0 aliphatic heterocycles. The normalized spacial score (nSPS) is 13.9. The molecule has 1 fully saturated rings. The first-order chi connectivity index (χ1) is 23.5. The van der Waals surface area contributed by atoms with Crippen LogP contribution in [0.3, 0.4) is 0 Å². The van der Waals surface area contributed by atoms with Crippen LogP contribution in [0.2, 0.25) is 10.0 Å². The van der Waals surface area contributed by atoms with Gasteiger partial charge in [0, 0.05) is 23.5 Å². The van der Waals surface area contributed by atoms with Gasteiger partial charge < -0.3 is 15.0 Å². The molecule has 8 nitrogen and oxygen atoms in total. The van der Waals surface area contributed by atoms with Crippen LogP contribution in [-0.4, -0.2) is 50.4 Å². The predicted molar refractivity (Wildman–Crippen MR) is 198 cm³/mol. The average Bonchev–Trinajstić information content (AvgIpc) is 3.61. The molecule has 12 heteroatoms. The summed E-state index contributed by atoms with van der Waals surface area (Å²) in [6, 6.07) is 26.3. The van der Waals surface area contributed by atoms with Gasteiger partial charge in [0.15, 0.2) is 0 Å². The van der Waals surface area contributed by atoms with Gasteiger partial charge in [-0.1, -0.05) is 88.4 Å². The van der Waals surface area contributed by atoms with E-state index >= 15 is 0 Å². The van der Waals surface area contributed by atoms with Crippen molar-refractivity contribution in [2.75, 3.05) is 17.5 Å². The lowest BCUT2D eigenvalue weighted by molar-refractivity contribution is -0.140. The maximum atomic E-state index is 14.7. The highest BCUT2D eigenvalue weighted by Crippen LogP contribution is 2.29. The fourth-order valence-corrected chi connectivity index (χ4v) is 7.89. The molecule has 1 N–H and O–H groups in total. The summed E-state index contributed by atoms with van der Waals surface area (Å²) in [4.78, 5) is 30.3. The third-order valence-electron chi connectivity index (χ3n) is 8.43. The van der Waals surface area contributed by atoms with Crippen molar-refractivity contribution in [3.63, 3.8) is 0 Å². The molecule has 1 aliphatic rings. The molecule has 1 saturated carbocycles. The summed E-state index contributed by atoms with van der Waals surface area (Å²) in [6.45, 7) is 1.71. The van der Waals surface area contributed by atoms with E-state index in [0.717, 1.165) is 35.6 Å². The Hall–Kier alpha value is -3.57. The number of hydrogen-bond donors (Lipinski definition) is 1. The van der Waals surface area contributed by atoms with E-state index in [1.807, 2.05) is 37.3 Å². The Morgan fingerprint density at radius 3 is 2.20 bits per heavy atom. The van der Waals surface area contributed by atoms with Gasteiger partial charge in [0.05, 0.1) is 27.2 Å². The molecule has 0 radical (unpaired) electrons. The Balaban J connectivity index is 1.57. The summed E-state index contributed by atoms with van der Waals surface area (Å²) in [6.07, 6.45) is 3.98. The number of sulfonamides is 1. The Bertz CT molecular complexity index is 1840. The van der Waals surface area contributed by atoms with Crippen LogP contribution in [0.4, 0.5) is 5.69 Å². The van der Waals surface area contributed by atoms with Crippen molar-refractivity contribution in [1.29, 1.82) is 0 Å². The lowest BCUT2D eigenvalue weighted by Crippen LogP contribution is -2.54. The Kier molecular flexibility index (Phi) is 12.7. The van der Waals surface area contributed by atoms with Gasteiger partial charge >= 0.3 is 0 Å². The molecule has 49 heavy (non-hydrogen) atoms. The van der Waals surface area contributed by atoms with Gasteiger partial charge in [0.2, 0.25) is 11.8 Å². The lowest BCUT2D eigenvalue weighted by Gasteiger charge is -2.34. The molecule has 258 valence electrons. The highest BCUT2D eigenvalue weighted by molar-refractivity contribution is 9.10. The van der Waals surface area contributed by atoms with Crippen LogP contribution in [-0.2, 0) is 32.6 Å². The summed E-state index contributed by atoms with van der Waals surface area (Å²) in [5, 5.41) is 3.83. The first-order valence-electron chi connectivity index (χ1n) is 16.1. The molecule has 1 atom stereocenters. The van der Waals surface area contributed by atoms with Gasteiger partial charge in [-0.15, -0.1) is 0 Å². The third kappa shape index (κ3) is 9.57. The van der Waals surface area contributed by atoms with Crippen molar-refractivity contribution in [2.45, 2.75) is 62.6 Å². The number of amides is 2. The van der Waals surface area contributed by atoms with Gasteiger partial charge in [-0.25, -0.2) is 8.42 Å². The molecule has 2 amide bonds. The van der Waals surface area contributed by atoms with E-state index < -0.39 is 28.5 Å². The highest BCUT2D eigenvalue weighted by atomic mass is 79.9. The van der Waals surface area contributed by atoms with Crippen LogP contribution in [0.1, 0.15) is 43.7 Å². The summed E-state index contributed by atoms with van der Waals surface area (Å²) in [5.41, 5.74) is 1.76. The maximum Gasteiger partial charge on any atom is 0.264 e. The number of halogens is 3. The number of carbonyl (C=O) groups is 2. The maximum absolute atomic E-state index is 14.7. The number of rotatable bonds is 14. The summed E-state index contributed by atoms with van der Waals surface area (Å²) >= 11 is 16.0. The van der Waals surface area contributed by atoms with Gasteiger partial charge in [-0.05, 0) is 91.6 Å². The van der Waals surface area contributed by atoms with Crippen molar-refractivity contribution >= 4 is 66.7 Å². The van der Waals surface area contributed by atoms with Gasteiger partial charge in [-0.2, -0.15) is 0 Å². The van der Waals surface area contributed by atoms with Crippen LogP contribution in [0.25, 0.3) is 0 Å². The molecule has 0 heterocycles. The molecular formula is C37H38BrCl2N3O5S. The second-order valence-corrected chi connectivity index (χ2v) is 15.5. The Morgan fingerprint density at radius 2 is 1.57 bits per heavy atom. The molecule has 4 aromatic rings. The van der Waals surface area contributed by atoms with Crippen molar-refractivity contribution in [3.8, 4) is 5.75 Å². The average molecular weight is 788 g/mol. The Morgan fingerprint density at radius 1 is 0.898 bits per heavy atom. The van der Waals surface area contributed by atoms with E-state index in [2.05, 4.69) is 21.2 Å². The predicted octanol–water partition coefficient (Wildman–Crippen LogP) is 8.05. The summed E-state index contributed by atoms with van der Waals surface area (Å²) in [7, 11) is -4.25. The third-order valence-corrected chi connectivity index (χ3v) is 11.5. The molecule has 0 spiro atoms. The van der Waals surface area contributed by atoms with Crippen molar-refractivity contribution in [1.82, 2.24) is 10.2 Å². The number of carbonyl (C=O) groups excluding carboxylic acids is 2. The highest BCUT2D eigenvalue weighted by Gasteiger charge is 2.35. The van der Waals surface area contributed by atoms with Crippen molar-refractivity contribution in [2.24, 2.45) is 0 Å². The van der Waals surface area contributed by atoms with Crippen molar-refractivity contribution < 1.29 is 22.7 Å². The zero-order valence-corrected chi connectivity index (χ0v) is 30.9. The quantitative estimate of drug-likeness (QED) is 0.140. The number of benzene rings is 4.